The Hall–Kier alpha value is -2.43. The average Bonchev–Trinajstić information content (AvgIpc) is 2.53. The Morgan fingerprint density at radius 3 is 2.86 bits per heavy atom. The number of nitrogens with zero attached hydrogens (tertiary/aromatic N) is 3. The second-order valence-corrected chi connectivity index (χ2v) is 5.09. The van der Waals surface area contributed by atoms with Crippen molar-refractivity contribution in [3.63, 3.8) is 0 Å². The fourth-order valence-corrected chi connectivity index (χ4v) is 2.74. The molecule has 1 aromatic rings. The Balaban J connectivity index is 2.17. The molecule has 3 rings (SSSR count). The van der Waals surface area contributed by atoms with Crippen molar-refractivity contribution in [1.82, 2.24) is 4.98 Å². The van der Waals surface area contributed by atoms with Gasteiger partial charge in [0.1, 0.15) is 17.8 Å². The molecule has 0 N–H and O–H groups in total. The molecule has 2 aliphatic heterocycles. The van der Waals surface area contributed by atoms with Crippen LogP contribution in [0.5, 0.6) is 0 Å². The minimum Gasteiger partial charge on any atom is -0.296 e. The van der Waals surface area contributed by atoms with Crippen LogP contribution in [0.2, 0.25) is 0 Å². The van der Waals surface area contributed by atoms with Crippen molar-refractivity contribution in [3.8, 4) is 0 Å². The Morgan fingerprint density at radius 2 is 2.14 bits per heavy atom. The first-order valence-electron chi connectivity index (χ1n) is 7.09. The van der Waals surface area contributed by atoms with Gasteiger partial charge in [-0.2, -0.15) is 4.58 Å². The summed E-state index contributed by atoms with van der Waals surface area (Å²) in [4.78, 5) is 33.7. The highest BCUT2D eigenvalue weighted by Crippen LogP contribution is 2.25. The van der Waals surface area contributed by atoms with Crippen molar-refractivity contribution in [2.24, 2.45) is 10.9 Å². The van der Waals surface area contributed by atoms with Crippen LogP contribution in [0.4, 0.5) is 5.82 Å². The molecule has 5 nitrogen and oxygen atoms in total. The molecule has 21 heavy (non-hydrogen) atoms. The average molecular weight is 282 g/mol. The van der Waals surface area contributed by atoms with Crippen LogP contribution < -0.4 is 0 Å². The highest BCUT2D eigenvalue weighted by molar-refractivity contribution is 6.23. The number of rotatable bonds is 3. The van der Waals surface area contributed by atoms with Crippen LogP contribution in [0.15, 0.2) is 41.5 Å². The summed E-state index contributed by atoms with van der Waals surface area (Å²) in [5.41, 5.74) is 0.596. The maximum absolute atomic E-state index is 12.7. The number of fused-ring (bicyclic) bond motifs is 1. The van der Waals surface area contributed by atoms with E-state index in [4.69, 9.17) is 0 Å². The molecule has 0 aromatic carbocycles. The van der Waals surface area contributed by atoms with Crippen LogP contribution in [0.25, 0.3) is 0 Å². The normalized spacial score (nSPS) is 24.4. The molecule has 3 heterocycles. The van der Waals surface area contributed by atoms with Gasteiger partial charge in [0.2, 0.25) is 0 Å². The fraction of sp³-hybridized carbons (Fsp3) is 0.312. The lowest BCUT2D eigenvalue weighted by Crippen LogP contribution is -2.50. The number of aromatic nitrogens is 1. The van der Waals surface area contributed by atoms with Crippen LogP contribution >= 0.6 is 0 Å². The number of hydrogen-bond donors (Lipinski definition) is 0. The van der Waals surface area contributed by atoms with E-state index in [2.05, 4.69) is 9.98 Å². The molecular formula is C16H16N3O2+. The van der Waals surface area contributed by atoms with Crippen LogP contribution in [0.1, 0.15) is 19.8 Å². The third kappa shape index (κ3) is 2.24. The molecule has 0 fully saturated rings. The van der Waals surface area contributed by atoms with Gasteiger partial charge in [-0.3, -0.25) is 9.79 Å². The second kappa shape index (κ2) is 5.52. The summed E-state index contributed by atoms with van der Waals surface area (Å²) in [6, 6.07) is 4.80. The number of hydrogen-bond acceptors (Lipinski definition) is 4. The molecule has 1 amide bonds. The Morgan fingerprint density at radius 1 is 1.29 bits per heavy atom. The monoisotopic (exact) mass is 282 g/mol. The van der Waals surface area contributed by atoms with Gasteiger partial charge in [-0.25, -0.2) is 4.79 Å². The number of aliphatic imine (C=N–C) groups is 1. The molecule has 0 spiro atoms. The van der Waals surface area contributed by atoms with Gasteiger partial charge in [0.05, 0.1) is 0 Å². The van der Waals surface area contributed by atoms with E-state index in [-0.39, 0.29) is 11.7 Å². The van der Waals surface area contributed by atoms with Crippen molar-refractivity contribution >= 4 is 29.4 Å². The highest BCUT2D eigenvalue weighted by Gasteiger charge is 2.46. The van der Waals surface area contributed by atoms with Crippen molar-refractivity contribution in [2.45, 2.75) is 25.8 Å². The Labute approximate surface area is 122 Å². The molecule has 2 atom stereocenters. The minimum absolute atomic E-state index is 0.107. The van der Waals surface area contributed by atoms with Crippen molar-refractivity contribution < 1.29 is 14.2 Å². The number of amides is 1. The SMILES string of the molecule is CCC[C@@H]1C(=O)[C@H]2N=CC=CC2=[N+](c2ccccn2)C1=O. The van der Waals surface area contributed by atoms with Crippen LogP contribution in [-0.4, -0.2) is 39.2 Å². The predicted octanol–water partition coefficient (Wildman–Crippen LogP) is 1.70. The number of dihydropyridines is 1. The molecule has 0 saturated carbocycles. The lowest BCUT2D eigenvalue weighted by molar-refractivity contribution is -0.378. The molecule has 1 aromatic heterocycles. The number of Topliss-reactive ketones (excluding diaryl/α,β-unsaturated/α-hetero) is 1. The third-order valence-corrected chi connectivity index (χ3v) is 3.71. The van der Waals surface area contributed by atoms with E-state index in [9.17, 15) is 9.59 Å². The summed E-state index contributed by atoms with van der Waals surface area (Å²) in [5.74, 6) is -0.398. The summed E-state index contributed by atoms with van der Waals surface area (Å²) < 4.78 is 1.54. The molecule has 106 valence electrons. The Bertz CT molecular complexity index is 674. The lowest BCUT2D eigenvalue weighted by Gasteiger charge is -2.25. The van der Waals surface area contributed by atoms with Crippen LogP contribution in [0, 0.1) is 5.92 Å². The first-order chi connectivity index (χ1) is 10.2. The maximum atomic E-state index is 12.7. The number of pyridine rings is 1. The van der Waals surface area contributed by atoms with Crippen molar-refractivity contribution in [3.05, 3.63) is 36.5 Å². The number of ketones is 1. The topological polar surface area (TPSA) is 62.4 Å². The van der Waals surface area contributed by atoms with E-state index in [0.29, 0.717) is 18.0 Å². The van der Waals surface area contributed by atoms with Gasteiger partial charge in [-0.05, 0) is 29.6 Å². The van der Waals surface area contributed by atoms with E-state index >= 15 is 0 Å². The van der Waals surface area contributed by atoms with Crippen LogP contribution in [-0.2, 0) is 9.59 Å². The van der Waals surface area contributed by atoms with Crippen LogP contribution in [0.3, 0.4) is 0 Å². The molecule has 0 aliphatic carbocycles. The molecule has 0 bridgehead atoms. The fourth-order valence-electron chi connectivity index (χ4n) is 2.74. The first kappa shape index (κ1) is 13.5. The number of allylic oxidation sites excluding steroid dienone is 1. The second-order valence-electron chi connectivity index (χ2n) is 5.09. The zero-order valence-corrected chi connectivity index (χ0v) is 11.8. The third-order valence-electron chi connectivity index (χ3n) is 3.71. The van der Waals surface area contributed by atoms with Gasteiger partial charge in [0.25, 0.3) is 0 Å². The van der Waals surface area contributed by atoms with Gasteiger partial charge in [0, 0.05) is 12.3 Å². The lowest BCUT2D eigenvalue weighted by atomic mass is 9.86. The molecule has 0 saturated heterocycles. The van der Waals surface area contributed by atoms with Gasteiger partial charge < -0.3 is 0 Å². The zero-order chi connectivity index (χ0) is 14.8. The molecule has 2 aliphatic rings. The predicted molar refractivity (Wildman–Crippen MR) is 79.0 cm³/mol. The van der Waals surface area contributed by atoms with E-state index in [1.54, 1.807) is 41.3 Å². The summed E-state index contributed by atoms with van der Waals surface area (Å²) in [5, 5.41) is 0. The summed E-state index contributed by atoms with van der Waals surface area (Å²) in [6.07, 6.45) is 8.08. The van der Waals surface area contributed by atoms with E-state index in [0.717, 1.165) is 6.42 Å². The maximum Gasteiger partial charge on any atom is 0.330 e. The zero-order valence-electron chi connectivity index (χ0n) is 11.8. The van der Waals surface area contributed by atoms with Gasteiger partial charge >= 0.3 is 11.7 Å². The first-order valence-corrected chi connectivity index (χ1v) is 7.09. The van der Waals surface area contributed by atoms with E-state index in [1.165, 1.54) is 0 Å². The van der Waals surface area contributed by atoms with Gasteiger partial charge in [0.15, 0.2) is 11.8 Å². The van der Waals surface area contributed by atoms with Crippen molar-refractivity contribution in [1.29, 1.82) is 0 Å². The van der Waals surface area contributed by atoms with Gasteiger partial charge in [-0.15, -0.1) is 0 Å². The highest BCUT2D eigenvalue weighted by atomic mass is 16.2. The standard InChI is InChI=1S/C16H16N3O2/c1-2-6-11-15(20)14-12(7-5-10-18-14)19(16(11)21)13-8-3-4-9-17-13/h3-5,7-11,14H,2,6H2,1H3/q+1/t11-,14+/m1/s1. The molecule has 0 radical (unpaired) electrons. The molecular weight excluding hydrogens is 266 g/mol. The van der Waals surface area contributed by atoms with Gasteiger partial charge in [-0.1, -0.05) is 19.4 Å². The number of carbonyl (C=O) groups excluding carboxylic acids is 2. The largest absolute Gasteiger partial charge is 0.330 e. The summed E-state index contributed by atoms with van der Waals surface area (Å²) in [7, 11) is 0. The summed E-state index contributed by atoms with van der Waals surface area (Å²) >= 11 is 0. The van der Waals surface area contributed by atoms with E-state index in [1.807, 2.05) is 13.0 Å². The minimum atomic E-state index is -0.630. The molecule has 5 heteroatoms. The molecule has 0 unspecified atom stereocenters. The summed E-state index contributed by atoms with van der Waals surface area (Å²) in [6.45, 7) is 1.97. The number of carbonyl (C=O) groups is 2. The smallest absolute Gasteiger partial charge is 0.296 e. The van der Waals surface area contributed by atoms with E-state index < -0.39 is 12.0 Å². The quantitative estimate of drug-likeness (QED) is 0.626. The Kier molecular flexibility index (Phi) is 3.56. The van der Waals surface area contributed by atoms with Crippen molar-refractivity contribution in [2.75, 3.05) is 0 Å².